The molecular formula is C23H17NO5. The van der Waals surface area contributed by atoms with E-state index in [0.717, 1.165) is 11.6 Å². The van der Waals surface area contributed by atoms with Gasteiger partial charge in [0.1, 0.15) is 17.2 Å². The maximum atomic E-state index is 13.3. The molecule has 0 fully saturated rings. The Kier molecular flexibility index (Phi) is 4.19. The van der Waals surface area contributed by atoms with Crippen LogP contribution in [0.25, 0.3) is 0 Å². The predicted octanol–water partition coefficient (Wildman–Crippen LogP) is 3.87. The van der Waals surface area contributed by atoms with Gasteiger partial charge in [-0.1, -0.05) is 36.4 Å². The van der Waals surface area contributed by atoms with Gasteiger partial charge in [-0.15, -0.1) is 0 Å². The first-order chi connectivity index (χ1) is 13.8. The summed E-state index contributed by atoms with van der Waals surface area (Å²) < 4.78 is 0. The highest BCUT2D eigenvalue weighted by molar-refractivity contribution is 6.32. The van der Waals surface area contributed by atoms with Gasteiger partial charge in [-0.05, 0) is 24.6 Å². The van der Waals surface area contributed by atoms with E-state index in [1.807, 2.05) is 13.0 Å². The fraction of sp³-hybridized carbons (Fsp3) is 0.0870. The molecule has 3 aromatic carbocycles. The maximum Gasteiger partial charge on any atom is 0.228 e. The number of rotatable bonds is 2. The number of hydrogen-bond acceptors (Lipinski definition) is 5. The lowest BCUT2D eigenvalue weighted by atomic mass is 9.82. The van der Waals surface area contributed by atoms with Crippen LogP contribution < -0.4 is 4.90 Å². The number of nitrogens with zero attached hydrogens (tertiary/aromatic N) is 1. The average Bonchev–Trinajstić information content (AvgIpc) is 2.67. The first kappa shape index (κ1) is 18.4. The van der Waals surface area contributed by atoms with Crippen molar-refractivity contribution in [2.75, 3.05) is 4.90 Å². The molecule has 2 N–H and O–H groups in total. The van der Waals surface area contributed by atoms with Crippen molar-refractivity contribution in [2.24, 2.45) is 0 Å². The molecule has 0 spiro atoms. The van der Waals surface area contributed by atoms with Gasteiger partial charge < -0.3 is 10.2 Å². The van der Waals surface area contributed by atoms with Crippen LogP contribution >= 0.6 is 0 Å². The summed E-state index contributed by atoms with van der Waals surface area (Å²) in [5, 5.41) is 21.0. The zero-order valence-electron chi connectivity index (χ0n) is 15.8. The molecule has 0 radical (unpaired) electrons. The number of phenolic OH excluding ortho intramolecular Hbond substituents is 2. The van der Waals surface area contributed by atoms with Gasteiger partial charge >= 0.3 is 0 Å². The number of hydrogen-bond donors (Lipinski definition) is 2. The van der Waals surface area contributed by atoms with E-state index in [-0.39, 0.29) is 27.9 Å². The summed E-state index contributed by atoms with van der Waals surface area (Å²) in [6, 6.07) is 14.2. The second-order valence-electron chi connectivity index (χ2n) is 6.91. The largest absolute Gasteiger partial charge is 0.507 e. The second kappa shape index (κ2) is 6.60. The van der Waals surface area contributed by atoms with Crippen LogP contribution in [0, 0.1) is 6.92 Å². The zero-order valence-corrected chi connectivity index (χ0v) is 15.8. The fourth-order valence-electron chi connectivity index (χ4n) is 3.71. The normalized spacial score (nSPS) is 12.3. The van der Waals surface area contributed by atoms with E-state index < -0.39 is 29.0 Å². The number of benzene rings is 3. The first-order valence-corrected chi connectivity index (χ1v) is 8.96. The Labute approximate surface area is 166 Å². The van der Waals surface area contributed by atoms with Crippen LogP contribution in [0.1, 0.15) is 44.3 Å². The number of fused-ring (bicyclic) bond motifs is 2. The summed E-state index contributed by atoms with van der Waals surface area (Å²) in [5.41, 5.74) is 1.09. The van der Waals surface area contributed by atoms with E-state index in [1.165, 1.54) is 24.0 Å². The highest BCUT2D eigenvalue weighted by Gasteiger charge is 2.38. The van der Waals surface area contributed by atoms with Crippen molar-refractivity contribution in [2.45, 2.75) is 13.8 Å². The van der Waals surface area contributed by atoms with Crippen molar-refractivity contribution in [3.8, 4) is 11.5 Å². The van der Waals surface area contributed by atoms with E-state index in [4.69, 9.17) is 0 Å². The second-order valence-corrected chi connectivity index (χ2v) is 6.91. The lowest BCUT2D eigenvalue weighted by Crippen LogP contribution is -2.29. The van der Waals surface area contributed by atoms with Crippen molar-refractivity contribution in [1.82, 2.24) is 0 Å². The van der Waals surface area contributed by atoms with Gasteiger partial charge in [0.25, 0.3) is 0 Å². The molecule has 1 aliphatic carbocycles. The van der Waals surface area contributed by atoms with Crippen LogP contribution in [0.15, 0.2) is 54.6 Å². The highest BCUT2D eigenvalue weighted by Crippen LogP contribution is 2.46. The molecule has 0 aromatic heterocycles. The molecular weight excluding hydrogens is 370 g/mol. The lowest BCUT2D eigenvalue weighted by Gasteiger charge is -2.28. The van der Waals surface area contributed by atoms with E-state index in [1.54, 1.807) is 30.3 Å². The summed E-state index contributed by atoms with van der Waals surface area (Å²) in [5.74, 6) is -2.53. The van der Waals surface area contributed by atoms with E-state index in [2.05, 4.69) is 0 Å². The van der Waals surface area contributed by atoms with Crippen LogP contribution in [0.5, 0.6) is 11.5 Å². The number of phenols is 2. The number of carbonyl (C=O) groups is 3. The third-order valence-corrected chi connectivity index (χ3v) is 4.93. The smallest absolute Gasteiger partial charge is 0.228 e. The van der Waals surface area contributed by atoms with Gasteiger partial charge in [-0.3, -0.25) is 19.3 Å². The van der Waals surface area contributed by atoms with Crippen molar-refractivity contribution >= 4 is 28.8 Å². The molecule has 6 nitrogen and oxygen atoms in total. The Morgan fingerprint density at radius 3 is 2.03 bits per heavy atom. The number of aryl methyl sites for hydroxylation is 1. The molecule has 6 heteroatoms. The van der Waals surface area contributed by atoms with E-state index >= 15 is 0 Å². The van der Waals surface area contributed by atoms with Crippen molar-refractivity contribution in [3.63, 3.8) is 0 Å². The molecule has 0 bridgehead atoms. The molecule has 0 saturated heterocycles. The minimum absolute atomic E-state index is 0.122. The molecule has 4 rings (SSSR count). The Bertz CT molecular complexity index is 1210. The van der Waals surface area contributed by atoms with Gasteiger partial charge in [0.05, 0.1) is 11.1 Å². The SMILES string of the molecule is CC(=O)N(c1cccc(C)c1)c1c(O)cc(O)c2c1C(=O)c1ccccc1C2=O. The Hall–Kier alpha value is -3.93. The molecule has 0 saturated carbocycles. The van der Waals surface area contributed by atoms with E-state index in [9.17, 15) is 24.6 Å². The summed E-state index contributed by atoms with van der Waals surface area (Å²) >= 11 is 0. The summed E-state index contributed by atoms with van der Waals surface area (Å²) in [7, 11) is 0. The number of carbonyl (C=O) groups excluding carboxylic acids is 3. The van der Waals surface area contributed by atoms with Gasteiger partial charge in [-0.25, -0.2) is 0 Å². The first-order valence-electron chi connectivity index (χ1n) is 8.96. The lowest BCUT2D eigenvalue weighted by molar-refractivity contribution is -0.115. The average molecular weight is 387 g/mol. The molecule has 0 unspecified atom stereocenters. The monoisotopic (exact) mass is 387 g/mol. The van der Waals surface area contributed by atoms with Crippen molar-refractivity contribution in [3.05, 3.63) is 82.4 Å². The minimum Gasteiger partial charge on any atom is -0.507 e. The molecule has 29 heavy (non-hydrogen) atoms. The standard InChI is InChI=1S/C23H17NO5/c1-12-6-5-7-14(10-12)24(13(2)25)21-18(27)11-17(26)19-20(21)23(29)16-9-4-3-8-15(16)22(19)28/h3-11,26-27H,1-2H3. The Morgan fingerprint density at radius 1 is 0.828 bits per heavy atom. The van der Waals surface area contributed by atoms with Crippen molar-refractivity contribution in [1.29, 1.82) is 0 Å². The topological polar surface area (TPSA) is 94.9 Å². The summed E-state index contributed by atoms with van der Waals surface area (Å²) in [6.07, 6.45) is 0. The Morgan fingerprint density at radius 2 is 1.45 bits per heavy atom. The molecule has 0 aliphatic heterocycles. The van der Waals surface area contributed by atoms with Gasteiger partial charge in [0.15, 0.2) is 11.6 Å². The number of ketones is 2. The van der Waals surface area contributed by atoms with Gasteiger partial charge in [-0.2, -0.15) is 0 Å². The number of amides is 1. The summed E-state index contributed by atoms with van der Waals surface area (Å²) in [4.78, 5) is 40.1. The molecule has 0 atom stereocenters. The number of anilines is 2. The van der Waals surface area contributed by atoms with Gasteiger partial charge in [0.2, 0.25) is 5.91 Å². The Balaban J connectivity index is 2.07. The van der Waals surface area contributed by atoms with Crippen LogP contribution in [-0.4, -0.2) is 27.7 Å². The van der Waals surface area contributed by atoms with Crippen molar-refractivity contribution < 1.29 is 24.6 Å². The summed E-state index contributed by atoms with van der Waals surface area (Å²) in [6.45, 7) is 3.14. The molecule has 1 aliphatic rings. The zero-order chi connectivity index (χ0) is 20.9. The molecule has 144 valence electrons. The maximum absolute atomic E-state index is 13.3. The van der Waals surface area contributed by atoms with E-state index in [0.29, 0.717) is 5.69 Å². The quantitative estimate of drug-likeness (QED) is 0.544. The van der Waals surface area contributed by atoms with Crippen LogP contribution in [-0.2, 0) is 4.79 Å². The third kappa shape index (κ3) is 2.77. The predicted molar refractivity (Wildman–Crippen MR) is 107 cm³/mol. The third-order valence-electron chi connectivity index (χ3n) is 4.93. The van der Waals surface area contributed by atoms with Crippen LogP contribution in [0.2, 0.25) is 0 Å². The molecule has 0 heterocycles. The number of aromatic hydroxyl groups is 2. The highest BCUT2D eigenvalue weighted by atomic mass is 16.3. The molecule has 3 aromatic rings. The molecule has 1 amide bonds. The van der Waals surface area contributed by atoms with Crippen LogP contribution in [0.4, 0.5) is 11.4 Å². The minimum atomic E-state index is -0.546. The fourth-order valence-corrected chi connectivity index (χ4v) is 3.71. The van der Waals surface area contributed by atoms with Crippen LogP contribution in [0.3, 0.4) is 0 Å². The van der Waals surface area contributed by atoms with Gasteiger partial charge in [0, 0.05) is 29.8 Å².